The lowest BCUT2D eigenvalue weighted by atomic mass is 10.3. The lowest BCUT2D eigenvalue weighted by molar-refractivity contribution is 0.173. The maximum Gasteiger partial charge on any atom is 0.256 e. The highest BCUT2D eigenvalue weighted by Gasteiger charge is 2.12. The summed E-state index contributed by atoms with van der Waals surface area (Å²) in [5.74, 6) is 2.15. The maximum atomic E-state index is 5.95. The minimum absolute atomic E-state index is 0.350. The second-order valence-corrected chi connectivity index (χ2v) is 6.70. The van der Waals surface area contributed by atoms with Gasteiger partial charge in [0.15, 0.2) is 5.76 Å². The molecule has 1 aliphatic rings. The predicted octanol–water partition coefficient (Wildman–Crippen LogP) is 3.16. The van der Waals surface area contributed by atoms with Crippen molar-refractivity contribution in [3.05, 3.63) is 35.2 Å². The van der Waals surface area contributed by atoms with Crippen LogP contribution in [0.25, 0.3) is 0 Å². The first-order chi connectivity index (χ1) is 13.5. The number of aromatic nitrogens is 2. The van der Waals surface area contributed by atoms with Crippen LogP contribution in [-0.2, 0) is 9.47 Å². The Bertz CT molecular complexity index is 711. The predicted molar refractivity (Wildman–Crippen MR) is 114 cm³/mol. The highest BCUT2D eigenvalue weighted by molar-refractivity contribution is 5.45. The molecule has 28 heavy (non-hydrogen) atoms. The number of nitrogens with zero attached hydrogens (tertiary/aromatic N) is 4. The molecule has 154 valence electrons. The van der Waals surface area contributed by atoms with Crippen molar-refractivity contribution in [3.8, 4) is 0 Å². The third kappa shape index (κ3) is 6.84. The lowest BCUT2D eigenvalue weighted by Crippen LogP contribution is -2.21. The Labute approximate surface area is 167 Å². The van der Waals surface area contributed by atoms with Crippen molar-refractivity contribution in [1.29, 1.82) is 0 Å². The molecule has 0 aromatic carbocycles. The summed E-state index contributed by atoms with van der Waals surface area (Å²) in [6.45, 7) is 11.4. The zero-order valence-electron chi connectivity index (χ0n) is 17.4. The normalized spacial score (nSPS) is 15.8. The van der Waals surface area contributed by atoms with E-state index in [-0.39, 0.29) is 0 Å². The Morgan fingerprint density at radius 1 is 1.36 bits per heavy atom. The molecule has 1 saturated heterocycles. The van der Waals surface area contributed by atoms with E-state index in [4.69, 9.17) is 9.47 Å². The first kappa shape index (κ1) is 21.7. The number of allylic oxidation sites excluding steroid dienone is 2. The monoisotopic (exact) mass is 388 g/mol. The van der Waals surface area contributed by atoms with Crippen molar-refractivity contribution in [2.45, 2.75) is 33.1 Å². The van der Waals surface area contributed by atoms with Gasteiger partial charge in [-0.15, -0.1) is 0 Å². The van der Waals surface area contributed by atoms with Gasteiger partial charge in [0.25, 0.3) is 5.88 Å². The summed E-state index contributed by atoms with van der Waals surface area (Å²) >= 11 is 0. The van der Waals surface area contributed by atoms with Gasteiger partial charge in [0, 0.05) is 37.1 Å². The van der Waals surface area contributed by atoms with Gasteiger partial charge in [0.05, 0.1) is 13.7 Å². The first-order valence-electron chi connectivity index (χ1n) is 9.64. The van der Waals surface area contributed by atoms with Crippen LogP contribution in [0.5, 0.6) is 0 Å². The fourth-order valence-corrected chi connectivity index (χ4v) is 3.05. The van der Waals surface area contributed by atoms with Gasteiger partial charge in [-0.05, 0) is 52.9 Å². The third-order valence-electron chi connectivity index (χ3n) is 4.39. The van der Waals surface area contributed by atoms with E-state index in [0.717, 1.165) is 30.2 Å². The minimum atomic E-state index is 0.350. The first-order valence-corrected chi connectivity index (χ1v) is 9.64. The van der Waals surface area contributed by atoms with Crippen molar-refractivity contribution in [2.24, 2.45) is 4.99 Å². The molecule has 1 fully saturated rings. The van der Waals surface area contributed by atoms with E-state index < -0.39 is 0 Å². The van der Waals surface area contributed by atoms with E-state index in [1.165, 1.54) is 25.9 Å². The molecule has 0 amide bonds. The number of nitrogens with one attached hydrogen (secondary N) is 2. The average Bonchev–Trinajstić information content (AvgIpc) is 3.18. The van der Waals surface area contributed by atoms with Crippen LogP contribution < -0.4 is 10.6 Å². The highest BCUT2D eigenvalue weighted by atomic mass is 16.5. The number of ether oxygens (including phenoxy) is 2. The summed E-state index contributed by atoms with van der Waals surface area (Å²) in [5, 5.41) is 6.21. The van der Waals surface area contributed by atoms with Crippen LogP contribution in [0.15, 0.2) is 34.5 Å². The molecule has 0 aliphatic carbocycles. The summed E-state index contributed by atoms with van der Waals surface area (Å²) in [5.41, 5.74) is 1.68. The number of methoxy groups -OCH3 is 1. The second-order valence-electron chi connectivity index (χ2n) is 6.70. The lowest BCUT2D eigenvalue weighted by Gasteiger charge is -2.15. The molecule has 1 aromatic rings. The molecule has 0 saturated carbocycles. The number of anilines is 2. The minimum Gasteiger partial charge on any atom is -0.488 e. The van der Waals surface area contributed by atoms with Crippen molar-refractivity contribution in [2.75, 3.05) is 51.0 Å². The van der Waals surface area contributed by atoms with E-state index in [0.29, 0.717) is 24.2 Å². The van der Waals surface area contributed by atoms with Crippen LogP contribution in [0, 0.1) is 6.92 Å². The van der Waals surface area contributed by atoms with E-state index in [1.54, 1.807) is 7.11 Å². The van der Waals surface area contributed by atoms with E-state index in [9.17, 15) is 0 Å². The molecule has 0 atom stereocenters. The molecular formula is C20H32N6O2. The van der Waals surface area contributed by atoms with Gasteiger partial charge in [0.1, 0.15) is 5.82 Å². The van der Waals surface area contributed by atoms with E-state index in [1.807, 2.05) is 33.0 Å². The Morgan fingerprint density at radius 3 is 2.75 bits per heavy atom. The Kier molecular flexibility index (Phi) is 8.74. The summed E-state index contributed by atoms with van der Waals surface area (Å²) in [7, 11) is 3.38. The standard InChI is InChI=1S/C20H32N6O2/c1-15(23-20-24-16(2)14-18(21-3)25-20)13-17(19(22-4)27-5)28-12-8-11-26-9-6-7-10-26/h13-14H,4,6-12H2,1-3,5H3,(H2,21,23,24,25)/b15-13+,19-17-. The fourth-order valence-electron chi connectivity index (χ4n) is 3.05. The molecule has 2 N–H and O–H groups in total. The van der Waals surface area contributed by atoms with Gasteiger partial charge in [-0.2, -0.15) is 4.98 Å². The Morgan fingerprint density at radius 2 is 2.11 bits per heavy atom. The van der Waals surface area contributed by atoms with Crippen molar-refractivity contribution < 1.29 is 9.47 Å². The SMILES string of the molecule is C=N/C(OC)=C(\C=C(/C)Nc1nc(C)cc(NC)n1)OCCCN1CCCC1. The molecule has 0 radical (unpaired) electrons. The van der Waals surface area contributed by atoms with Gasteiger partial charge in [-0.3, -0.25) is 0 Å². The van der Waals surface area contributed by atoms with Gasteiger partial charge >= 0.3 is 0 Å². The number of rotatable bonds is 11. The zero-order chi connectivity index (χ0) is 20.4. The van der Waals surface area contributed by atoms with E-state index in [2.05, 4.69) is 37.2 Å². The van der Waals surface area contributed by atoms with Crippen molar-refractivity contribution in [1.82, 2.24) is 14.9 Å². The zero-order valence-corrected chi connectivity index (χ0v) is 17.4. The van der Waals surface area contributed by atoms with Crippen LogP contribution in [0.2, 0.25) is 0 Å². The largest absolute Gasteiger partial charge is 0.488 e. The number of aliphatic imine (C=N–C) groups is 1. The smallest absolute Gasteiger partial charge is 0.256 e. The molecule has 1 aliphatic heterocycles. The van der Waals surface area contributed by atoms with Crippen LogP contribution in [-0.4, -0.2) is 62.0 Å². The molecule has 0 unspecified atom stereocenters. The fraction of sp³-hybridized carbons (Fsp3) is 0.550. The van der Waals surface area contributed by atoms with E-state index >= 15 is 0 Å². The second kappa shape index (κ2) is 11.3. The highest BCUT2D eigenvalue weighted by Crippen LogP contribution is 2.16. The quantitative estimate of drug-likeness (QED) is 0.261. The molecule has 0 spiro atoms. The number of hydrogen-bond acceptors (Lipinski definition) is 8. The van der Waals surface area contributed by atoms with Gasteiger partial charge in [-0.25, -0.2) is 9.98 Å². The Balaban J connectivity index is 2.02. The summed E-state index contributed by atoms with van der Waals surface area (Å²) in [6, 6.07) is 1.88. The van der Waals surface area contributed by atoms with Gasteiger partial charge in [0.2, 0.25) is 5.95 Å². The number of hydrogen-bond donors (Lipinski definition) is 2. The molecular weight excluding hydrogens is 356 g/mol. The summed E-state index contributed by atoms with van der Waals surface area (Å²) in [4.78, 5) is 15.2. The van der Waals surface area contributed by atoms with Crippen LogP contribution >= 0.6 is 0 Å². The summed E-state index contributed by atoms with van der Waals surface area (Å²) < 4.78 is 11.2. The van der Waals surface area contributed by atoms with Crippen molar-refractivity contribution in [3.63, 3.8) is 0 Å². The topological polar surface area (TPSA) is 83.9 Å². The maximum absolute atomic E-state index is 5.95. The molecule has 8 nitrogen and oxygen atoms in total. The third-order valence-corrected chi connectivity index (χ3v) is 4.39. The number of aryl methyl sites for hydroxylation is 1. The van der Waals surface area contributed by atoms with Crippen LogP contribution in [0.1, 0.15) is 31.9 Å². The molecule has 2 heterocycles. The van der Waals surface area contributed by atoms with Gasteiger partial charge < -0.3 is 25.0 Å². The average molecular weight is 389 g/mol. The van der Waals surface area contributed by atoms with Gasteiger partial charge in [-0.1, -0.05) is 0 Å². The molecule has 8 heteroatoms. The number of likely N-dealkylation sites (tertiary alicyclic amines) is 1. The Hall–Kier alpha value is -2.61. The summed E-state index contributed by atoms with van der Waals surface area (Å²) in [6.07, 6.45) is 5.37. The van der Waals surface area contributed by atoms with Crippen LogP contribution in [0.3, 0.4) is 0 Å². The molecule has 1 aromatic heterocycles. The van der Waals surface area contributed by atoms with Crippen molar-refractivity contribution >= 4 is 18.5 Å². The van der Waals surface area contributed by atoms with Crippen LogP contribution in [0.4, 0.5) is 11.8 Å². The molecule has 2 rings (SSSR count). The molecule has 0 bridgehead atoms.